The van der Waals surface area contributed by atoms with Gasteiger partial charge < -0.3 is 5.73 Å². The van der Waals surface area contributed by atoms with Crippen molar-refractivity contribution in [2.45, 2.75) is 6.92 Å². The molecular weight excluding hydrogens is 272 g/mol. The van der Waals surface area contributed by atoms with E-state index in [1.165, 1.54) is 0 Å². The smallest absolute Gasteiger partial charge is 0.152 e. The average Bonchev–Trinajstić information content (AvgIpc) is 2.53. The molecule has 0 unspecified atom stereocenters. The number of carbonyl (C=O) groups is 1. The number of nitrogens with two attached hydrogens (primary N) is 1. The Labute approximate surface area is 128 Å². The third-order valence-corrected chi connectivity index (χ3v) is 3.40. The van der Waals surface area contributed by atoms with Crippen LogP contribution in [0.2, 0.25) is 0 Å². The lowest BCUT2D eigenvalue weighted by Crippen LogP contribution is -1.94. The van der Waals surface area contributed by atoms with E-state index >= 15 is 0 Å². The Morgan fingerprint density at radius 3 is 2.68 bits per heavy atom. The Balaban J connectivity index is 2.13. The minimum atomic E-state index is 0.467. The van der Waals surface area contributed by atoms with Crippen molar-refractivity contribution in [3.05, 3.63) is 70.9 Å². The SMILES string of the molecule is Cc1ccc2nc(C#Cc3ccccc3N)c(C=O)cc2c1. The van der Waals surface area contributed by atoms with Crippen molar-refractivity contribution in [2.75, 3.05) is 5.73 Å². The molecule has 0 amide bonds. The van der Waals surface area contributed by atoms with Crippen LogP contribution in [-0.4, -0.2) is 11.3 Å². The van der Waals surface area contributed by atoms with Crippen molar-refractivity contribution in [2.24, 2.45) is 0 Å². The van der Waals surface area contributed by atoms with Gasteiger partial charge in [0.15, 0.2) is 6.29 Å². The molecule has 1 aromatic heterocycles. The Kier molecular flexibility index (Phi) is 3.59. The van der Waals surface area contributed by atoms with Gasteiger partial charge in [-0.05, 0) is 43.2 Å². The topological polar surface area (TPSA) is 56.0 Å². The molecule has 3 aromatic rings. The summed E-state index contributed by atoms with van der Waals surface area (Å²) in [6, 6.07) is 15.1. The van der Waals surface area contributed by atoms with Crippen LogP contribution in [0.1, 0.15) is 27.2 Å². The van der Waals surface area contributed by atoms with E-state index in [1.807, 2.05) is 49.4 Å². The third kappa shape index (κ3) is 2.68. The number of pyridine rings is 1. The fourth-order valence-corrected chi connectivity index (χ4v) is 2.24. The second kappa shape index (κ2) is 5.71. The summed E-state index contributed by atoms with van der Waals surface area (Å²) in [5.74, 6) is 5.94. The molecule has 3 heteroatoms. The van der Waals surface area contributed by atoms with Crippen LogP contribution in [0.25, 0.3) is 10.9 Å². The van der Waals surface area contributed by atoms with Crippen LogP contribution >= 0.6 is 0 Å². The Hall–Kier alpha value is -3.12. The van der Waals surface area contributed by atoms with E-state index in [1.54, 1.807) is 6.07 Å². The van der Waals surface area contributed by atoms with Crippen molar-refractivity contribution in [3.63, 3.8) is 0 Å². The lowest BCUT2D eigenvalue weighted by Gasteiger charge is -2.02. The molecule has 22 heavy (non-hydrogen) atoms. The van der Waals surface area contributed by atoms with Gasteiger partial charge in [0.25, 0.3) is 0 Å². The highest BCUT2D eigenvalue weighted by Crippen LogP contribution is 2.17. The summed E-state index contributed by atoms with van der Waals surface area (Å²) in [5.41, 5.74) is 10.1. The molecule has 0 aliphatic carbocycles. The quantitative estimate of drug-likeness (QED) is 0.424. The Bertz CT molecular complexity index is 933. The normalized spacial score (nSPS) is 10.0. The number of benzene rings is 2. The highest BCUT2D eigenvalue weighted by molar-refractivity contribution is 5.89. The number of nitrogen functional groups attached to an aromatic ring is 1. The molecule has 0 aliphatic heterocycles. The van der Waals surface area contributed by atoms with Crippen LogP contribution in [0, 0.1) is 18.8 Å². The van der Waals surface area contributed by atoms with Crippen LogP contribution in [0.4, 0.5) is 5.69 Å². The number of hydrogen-bond donors (Lipinski definition) is 1. The van der Waals surface area contributed by atoms with Gasteiger partial charge >= 0.3 is 0 Å². The fourth-order valence-electron chi connectivity index (χ4n) is 2.24. The highest BCUT2D eigenvalue weighted by Gasteiger charge is 2.04. The molecule has 0 fully saturated rings. The zero-order valence-corrected chi connectivity index (χ0v) is 12.1. The average molecular weight is 286 g/mol. The predicted octanol–water partition coefficient (Wildman–Crippen LogP) is 3.34. The van der Waals surface area contributed by atoms with Crippen molar-refractivity contribution in [1.82, 2.24) is 4.98 Å². The number of nitrogens with zero attached hydrogens (tertiary/aromatic N) is 1. The molecule has 3 rings (SSSR count). The molecule has 106 valence electrons. The number of aldehydes is 1. The monoisotopic (exact) mass is 286 g/mol. The molecule has 0 spiro atoms. The first kappa shape index (κ1) is 13.8. The summed E-state index contributed by atoms with van der Waals surface area (Å²) in [6.07, 6.45) is 0.785. The summed E-state index contributed by atoms with van der Waals surface area (Å²) >= 11 is 0. The first-order chi connectivity index (χ1) is 10.7. The number of fused-ring (bicyclic) bond motifs is 1. The summed E-state index contributed by atoms with van der Waals surface area (Å²) < 4.78 is 0. The number of aromatic nitrogens is 1. The molecule has 0 atom stereocenters. The van der Waals surface area contributed by atoms with Crippen molar-refractivity contribution >= 4 is 22.9 Å². The maximum atomic E-state index is 11.3. The number of hydrogen-bond acceptors (Lipinski definition) is 3. The van der Waals surface area contributed by atoms with E-state index < -0.39 is 0 Å². The first-order valence-corrected chi connectivity index (χ1v) is 6.90. The van der Waals surface area contributed by atoms with Gasteiger partial charge in [-0.1, -0.05) is 29.7 Å². The second-order valence-corrected chi connectivity index (χ2v) is 5.08. The lowest BCUT2D eigenvalue weighted by molar-refractivity contribution is 0.112. The first-order valence-electron chi connectivity index (χ1n) is 6.90. The summed E-state index contributed by atoms with van der Waals surface area (Å²) in [4.78, 5) is 15.8. The van der Waals surface area contributed by atoms with Gasteiger partial charge in [0.1, 0.15) is 5.69 Å². The van der Waals surface area contributed by atoms with E-state index in [0.29, 0.717) is 16.9 Å². The molecule has 1 heterocycles. The number of carbonyl (C=O) groups excluding carboxylic acids is 1. The number of aryl methyl sites for hydroxylation is 1. The maximum Gasteiger partial charge on any atom is 0.152 e. The minimum Gasteiger partial charge on any atom is -0.398 e. The van der Waals surface area contributed by atoms with Gasteiger partial charge in [-0.3, -0.25) is 4.79 Å². The molecule has 0 radical (unpaired) electrons. The molecule has 2 N–H and O–H groups in total. The maximum absolute atomic E-state index is 11.3. The van der Waals surface area contributed by atoms with Gasteiger partial charge in [-0.2, -0.15) is 0 Å². The Morgan fingerprint density at radius 2 is 1.91 bits per heavy atom. The number of anilines is 1. The van der Waals surface area contributed by atoms with Crippen LogP contribution < -0.4 is 5.73 Å². The minimum absolute atomic E-state index is 0.467. The molecule has 0 aliphatic rings. The van der Waals surface area contributed by atoms with E-state index in [9.17, 15) is 4.79 Å². The molecule has 0 saturated carbocycles. The van der Waals surface area contributed by atoms with E-state index in [0.717, 1.165) is 28.3 Å². The number of para-hydroxylation sites is 1. The van der Waals surface area contributed by atoms with Gasteiger partial charge in [-0.25, -0.2) is 4.98 Å². The van der Waals surface area contributed by atoms with E-state index in [4.69, 9.17) is 5.73 Å². The predicted molar refractivity (Wildman–Crippen MR) is 88.7 cm³/mol. The lowest BCUT2D eigenvalue weighted by atomic mass is 10.1. The van der Waals surface area contributed by atoms with E-state index in [-0.39, 0.29) is 0 Å². The molecule has 3 nitrogen and oxygen atoms in total. The van der Waals surface area contributed by atoms with Crippen LogP contribution in [-0.2, 0) is 0 Å². The summed E-state index contributed by atoms with van der Waals surface area (Å²) in [7, 11) is 0. The third-order valence-electron chi connectivity index (χ3n) is 3.40. The molecule has 0 bridgehead atoms. The Morgan fingerprint density at radius 1 is 1.09 bits per heavy atom. The van der Waals surface area contributed by atoms with Crippen molar-refractivity contribution in [3.8, 4) is 11.8 Å². The molecule has 2 aromatic carbocycles. The highest BCUT2D eigenvalue weighted by atomic mass is 16.1. The largest absolute Gasteiger partial charge is 0.398 e. The van der Waals surface area contributed by atoms with Crippen LogP contribution in [0.3, 0.4) is 0 Å². The van der Waals surface area contributed by atoms with Crippen molar-refractivity contribution in [1.29, 1.82) is 0 Å². The molecule has 0 saturated heterocycles. The van der Waals surface area contributed by atoms with Gasteiger partial charge in [0.05, 0.1) is 5.52 Å². The van der Waals surface area contributed by atoms with E-state index in [2.05, 4.69) is 16.8 Å². The second-order valence-electron chi connectivity index (χ2n) is 5.08. The zero-order chi connectivity index (χ0) is 15.5. The molecular formula is C19H14N2O. The summed E-state index contributed by atoms with van der Waals surface area (Å²) in [5, 5.41) is 0.937. The fraction of sp³-hybridized carbons (Fsp3) is 0.0526. The van der Waals surface area contributed by atoms with Crippen LogP contribution in [0.15, 0.2) is 48.5 Å². The summed E-state index contributed by atoms with van der Waals surface area (Å²) in [6.45, 7) is 2.01. The van der Waals surface area contributed by atoms with Gasteiger partial charge in [0.2, 0.25) is 0 Å². The van der Waals surface area contributed by atoms with Crippen molar-refractivity contribution < 1.29 is 4.79 Å². The standard InChI is InChI=1S/C19H14N2O/c1-13-6-8-18-15(10-13)11-16(12-22)19(21-18)9-7-14-4-2-3-5-17(14)20/h2-6,8,10-12H,20H2,1H3. The zero-order valence-electron chi connectivity index (χ0n) is 12.1. The van der Waals surface area contributed by atoms with Gasteiger partial charge in [-0.15, -0.1) is 0 Å². The van der Waals surface area contributed by atoms with Crippen LogP contribution in [0.5, 0.6) is 0 Å². The van der Waals surface area contributed by atoms with Gasteiger partial charge in [0, 0.05) is 22.2 Å². The number of rotatable bonds is 1.